The molecule has 2 amide bonds. The summed E-state index contributed by atoms with van der Waals surface area (Å²) in [4.78, 5) is 24.3. The van der Waals surface area contributed by atoms with Crippen LogP contribution in [0.3, 0.4) is 0 Å². The molecule has 0 heterocycles. The molecule has 4 nitrogen and oxygen atoms in total. The Bertz CT molecular complexity index is 271. The van der Waals surface area contributed by atoms with Crippen molar-refractivity contribution in [1.82, 2.24) is 10.2 Å². The maximum Gasteiger partial charge on any atom is 0.241 e. The summed E-state index contributed by atoms with van der Waals surface area (Å²) in [5.74, 6) is -0.157. The van der Waals surface area contributed by atoms with Gasteiger partial charge in [-0.2, -0.15) is 11.8 Å². The Hall–Kier alpha value is -0.710. The van der Waals surface area contributed by atoms with Crippen LogP contribution in [0.5, 0.6) is 0 Å². The SMILES string of the molecule is CS[C@H]1CCC[C@H]1N(C)C(=O)CNC(C)=O. The molecule has 0 aliphatic heterocycles. The molecule has 0 saturated heterocycles. The molecule has 1 N–H and O–H groups in total. The molecule has 0 radical (unpaired) electrons. The van der Waals surface area contributed by atoms with Crippen LogP contribution in [0, 0.1) is 0 Å². The van der Waals surface area contributed by atoms with Crippen molar-refractivity contribution in [2.24, 2.45) is 0 Å². The van der Waals surface area contributed by atoms with E-state index in [1.54, 1.807) is 4.90 Å². The molecule has 0 aromatic heterocycles. The van der Waals surface area contributed by atoms with Gasteiger partial charge in [0.25, 0.3) is 0 Å². The number of amides is 2. The number of carbonyl (C=O) groups excluding carboxylic acids is 2. The number of carbonyl (C=O) groups is 2. The molecule has 0 bridgehead atoms. The monoisotopic (exact) mass is 244 g/mol. The number of likely N-dealkylation sites (N-methyl/N-ethyl adjacent to an activating group) is 1. The Balaban J connectivity index is 2.46. The van der Waals surface area contributed by atoms with E-state index in [-0.39, 0.29) is 18.4 Å². The van der Waals surface area contributed by atoms with E-state index in [0.29, 0.717) is 11.3 Å². The van der Waals surface area contributed by atoms with Gasteiger partial charge < -0.3 is 10.2 Å². The van der Waals surface area contributed by atoms with Crippen LogP contribution in [0.2, 0.25) is 0 Å². The van der Waals surface area contributed by atoms with E-state index < -0.39 is 0 Å². The van der Waals surface area contributed by atoms with Crippen molar-refractivity contribution >= 4 is 23.6 Å². The predicted molar refractivity (Wildman–Crippen MR) is 66.4 cm³/mol. The van der Waals surface area contributed by atoms with Crippen LogP contribution >= 0.6 is 11.8 Å². The first-order valence-corrected chi connectivity index (χ1v) is 6.88. The molecule has 5 heteroatoms. The molecule has 0 aromatic rings. The predicted octanol–water partition coefficient (Wildman–Crippen LogP) is 0.865. The largest absolute Gasteiger partial charge is 0.347 e. The highest BCUT2D eigenvalue weighted by atomic mass is 32.2. The molecule has 92 valence electrons. The number of hydrogen-bond acceptors (Lipinski definition) is 3. The number of nitrogens with one attached hydrogen (secondary N) is 1. The number of nitrogens with zero attached hydrogens (tertiary/aromatic N) is 1. The third-order valence-electron chi connectivity index (χ3n) is 3.10. The molecule has 0 aromatic carbocycles. The molecule has 1 rings (SSSR count). The van der Waals surface area contributed by atoms with Crippen molar-refractivity contribution < 1.29 is 9.59 Å². The Morgan fingerprint density at radius 1 is 1.44 bits per heavy atom. The van der Waals surface area contributed by atoms with E-state index in [1.165, 1.54) is 19.8 Å². The lowest BCUT2D eigenvalue weighted by Crippen LogP contribution is -2.45. The summed E-state index contributed by atoms with van der Waals surface area (Å²) in [6.07, 6.45) is 5.54. The van der Waals surface area contributed by atoms with E-state index in [4.69, 9.17) is 0 Å². The summed E-state index contributed by atoms with van der Waals surface area (Å²) >= 11 is 1.83. The Morgan fingerprint density at radius 2 is 2.12 bits per heavy atom. The molecular weight excluding hydrogens is 224 g/mol. The van der Waals surface area contributed by atoms with Gasteiger partial charge in [0.1, 0.15) is 0 Å². The maximum atomic E-state index is 11.8. The van der Waals surface area contributed by atoms with Crippen molar-refractivity contribution in [3.05, 3.63) is 0 Å². The second-order valence-corrected chi connectivity index (χ2v) is 5.26. The average molecular weight is 244 g/mol. The van der Waals surface area contributed by atoms with Crippen molar-refractivity contribution in [2.75, 3.05) is 19.8 Å². The normalized spacial score (nSPS) is 24.2. The number of rotatable bonds is 4. The smallest absolute Gasteiger partial charge is 0.241 e. The summed E-state index contributed by atoms with van der Waals surface area (Å²) in [6.45, 7) is 1.54. The third-order valence-corrected chi connectivity index (χ3v) is 4.26. The van der Waals surface area contributed by atoms with Gasteiger partial charge in [-0.05, 0) is 19.1 Å². The lowest BCUT2D eigenvalue weighted by molar-refractivity contribution is -0.132. The van der Waals surface area contributed by atoms with Crippen LogP contribution in [0.15, 0.2) is 0 Å². The topological polar surface area (TPSA) is 49.4 Å². The first-order chi connectivity index (χ1) is 7.56. The molecule has 1 aliphatic rings. The van der Waals surface area contributed by atoms with E-state index >= 15 is 0 Å². The molecule has 0 spiro atoms. The number of thioether (sulfide) groups is 1. The molecule has 1 fully saturated rings. The van der Waals surface area contributed by atoms with E-state index in [1.807, 2.05) is 18.8 Å². The van der Waals surface area contributed by atoms with E-state index in [0.717, 1.165) is 6.42 Å². The van der Waals surface area contributed by atoms with Crippen molar-refractivity contribution in [1.29, 1.82) is 0 Å². The average Bonchev–Trinajstić information content (AvgIpc) is 2.72. The highest BCUT2D eigenvalue weighted by molar-refractivity contribution is 7.99. The van der Waals surface area contributed by atoms with Gasteiger partial charge in [0.05, 0.1) is 6.54 Å². The first kappa shape index (κ1) is 13.4. The lowest BCUT2D eigenvalue weighted by atomic mass is 10.2. The van der Waals surface area contributed by atoms with Crippen LogP contribution in [0.4, 0.5) is 0 Å². The van der Waals surface area contributed by atoms with Gasteiger partial charge >= 0.3 is 0 Å². The summed E-state index contributed by atoms with van der Waals surface area (Å²) in [7, 11) is 1.84. The van der Waals surface area contributed by atoms with Crippen molar-refractivity contribution in [3.8, 4) is 0 Å². The van der Waals surface area contributed by atoms with Gasteiger partial charge in [-0.25, -0.2) is 0 Å². The van der Waals surface area contributed by atoms with Crippen molar-refractivity contribution in [3.63, 3.8) is 0 Å². The van der Waals surface area contributed by atoms with Crippen LogP contribution in [0.25, 0.3) is 0 Å². The summed E-state index contributed by atoms with van der Waals surface area (Å²) in [6, 6.07) is 0.330. The van der Waals surface area contributed by atoms with Crippen LogP contribution in [-0.2, 0) is 9.59 Å². The molecule has 16 heavy (non-hydrogen) atoms. The Morgan fingerprint density at radius 3 is 2.69 bits per heavy atom. The van der Waals surface area contributed by atoms with Gasteiger partial charge in [-0.3, -0.25) is 9.59 Å². The molecule has 2 atom stereocenters. The van der Waals surface area contributed by atoms with Gasteiger partial charge in [0.15, 0.2) is 0 Å². The molecule has 0 unspecified atom stereocenters. The second-order valence-electron chi connectivity index (χ2n) is 4.19. The van der Waals surface area contributed by atoms with Crippen LogP contribution in [0.1, 0.15) is 26.2 Å². The minimum atomic E-state index is -0.158. The fraction of sp³-hybridized carbons (Fsp3) is 0.818. The highest BCUT2D eigenvalue weighted by Crippen LogP contribution is 2.31. The van der Waals surface area contributed by atoms with Crippen LogP contribution in [-0.4, -0.2) is 47.9 Å². The first-order valence-electron chi connectivity index (χ1n) is 5.59. The minimum Gasteiger partial charge on any atom is -0.347 e. The molecular formula is C11H20N2O2S. The van der Waals surface area contributed by atoms with Crippen LogP contribution < -0.4 is 5.32 Å². The van der Waals surface area contributed by atoms with Gasteiger partial charge in [0, 0.05) is 25.3 Å². The zero-order valence-electron chi connectivity index (χ0n) is 10.2. The number of hydrogen-bond donors (Lipinski definition) is 1. The second kappa shape index (κ2) is 6.13. The maximum absolute atomic E-state index is 11.8. The van der Waals surface area contributed by atoms with Gasteiger partial charge in [0.2, 0.25) is 11.8 Å². The summed E-state index contributed by atoms with van der Waals surface area (Å²) < 4.78 is 0. The lowest BCUT2D eigenvalue weighted by Gasteiger charge is -2.29. The molecule has 1 saturated carbocycles. The van der Waals surface area contributed by atoms with Crippen molar-refractivity contribution in [2.45, 2.75) is 37.5 Å². The zero-order chi connectivity index (χ0) is 12.1. The third kappa shape index (κ3) is 3.40. The van der Waals surface area contributed by atoms with Gasteiger partial charge in [-0.1, -0.05) is 6.42 Å². The van der Waals surface area contributed by atoms with Gasteiger partial charge in [-0.15, -0.1) is 0 Å². The standard InChI is InChI=1S/C11H20N2O2S/c1-8(14)12-7-11(15)13(2)9-5-4-6-10(9)16-3/h9-10H,4-7H2,1-3H3,(H,12,14)/t9-,10+/m1/s1. The Labute approximate surface area is 101 Å². The van der Waals surface area contributed by atoms with E-state index in [9.17, 15) is 9.59 Å². The fourth-order valence-electron chi connectivity index (χ4n) is 2.13. The van der Waals surface area contributed by atoms with E-state index in [2.05, 4.69) is 11.6 Å². The zero-order valence-corrected chi connectivity index (χ0v) is 11.0. The fourth-order valence-corrected chi connectivity index (χ4v) is 3.17. The summed E-state index contributed by atoms with van der Waals surface area (Å²) in [5, 5.41) is 3.09. The minimum absolute atomic E-state index is 0.00106. The highest BCUT2D eigenvalue weighted by Gasteiger charge is 2.31. The Kier molecular flexibility index (Phi) is 5.12. The quantitative estimate of drug-likeness (QED) is 0.798. The summed E-state index contributed by atoms with van der Waals surface area (Å²) in [5.41, 5.74) is 0. The molecule has 1 aliphatic carbocycles.